The molecular formula is C41H63N5O8S. The molecule has 3 amide bonds. The lowest BCUT2D eigenvalue weighted by Crippen LogP contribution is -2.59. The summed E-state index contributed by atoms with van der Waals surface area (Å²) >= 11 is 1.17. The zero-order chi connectivity index (χ0) is 40.7. The molecule has 1 aliphatic rings. The second kappa shape index (κ2) is 22.6. The number of aromatic nitrogens is 1. The monoisotopic (exact) mass is 785 g/mol. The Morgan fingerprint density at radius 1 is 1.04 bits per heavy atom. The van der Waals surface area contributed by atoms with Crippen LogP contribution in [-0.4, -0.2) is 101 Å². The first-order chi connectivity index (χ1) is 26.2. The average molecular weight is 786 g/mol. The molecule has 3 rings (SSSR count). The van der Waals surface area contributed by atoms with Gasteiger partial charge in [0.2, 0.25) is 11.8 Å². The van der Waals surface area contributed by atoms with Crippen LogP contribution in [-0.2, 0) is 35.1 Å². The molecule has 0 aliphatic carbocycles. The Kier molecular flexibility index (Phi) is 18.7. The molecule has 13 nitrogen and oxygen atoms in total. The number of hydrogen-bond acceptors (Lipinski definition) is 10. The minimum absolute atomic E-state index is 0.0163. The van der Waals surface area contributed by atoms with E-state index in [0.717, 1.165) is 37.8 Å². The highest BCUT2D eigenvalue weighted by Crippen LogP contribution is 2.32. The predicted octanol–water partition coefficient (Wildman–Crippen LogP) is 5.84. The first kappa shape index (κ1) is 45.5. The minimum atomic E-state index is -0.950. The van der Waals surface area contributed by atoms with Gasteiger partial charge in [-0.1, -0.05) is 84.7 Å². The van der Waals surface area contributed by atoms with E-state index < -0.39 is 48.0 Å². The third kappa shape index (κ3) is 14.0. The van der Waals surface area contributed by atoms with Crippen LogP contribution in [0.4, 0.5) is 0 Å². The normalized spacial score (nSPS) is 18.0. The fourth-order valence-corrected chi connectivity index (χ4v) is 7.78. The molecule has 0 bridgehead atoms. The van der Waals surface area contributed by atoms with Gasteiger partial charge < -0.3 is 30.1 Å². The number of piperidine rings is 1. The molecule has 1 aromatic carbocycles. The number of hydrogen-bond donors (Lipinski definition) is 3. The lowest BCUT2D eigenvalue weighted by Gasteiger charge is -2.39. The fourth-order valence-electron chi connectivity index (χ4n) is 6.94. The van der Waals surface area contributed by atoms with Crippen LogP contribution in [0.25, 0.3) is 0 Å². The van der Waals surface area contributed by atoms with Crippen LogP contribution < -0.4 is 10.6 Å². The molecule has 1 aliphatic heterocycles. The number of carboxylic acids is 1. The van der Waals surface area contributed by atoms with Crippen molar-refractivity contribution in [3.05, 3.63) is 52.0 Å². The van der Waals surface area contributed by atoms with Crippen molar-refractivity contribution in [1.29, 1.82) is 0 Å². The molecule has 0 saturated carbocycles. The number of nitrogens with zero attached hydrogens (tertiary/aromatic N) is 3. The zero-order valence-corrected chi connectivity index (χ0v) is 34.7. The van der Waals surface area contributed by atoms with Gasteiger partial charge in [0.25, 0.3) is 5.91 Å². The third-order valence-electron chi connectivity index (χ3n) is 10.4. The van der Waals surface area contributed by atoms with Gasteiger partial charge in [-0.2, -0.15) is 0 Å². The molecule has 1 saturated heterocycles. The smallest absolute Gasteiger partial charge is 0.306 e. The van der Waals surface area contributed by atoms with Crippen LogP contribution in [0.3, 0.4) is 0 Å². The molecule has 55 heavy (non-hydrogen) atoms. The standard InChI is InChI=1S/C41H63N5O8S/c1-9-20-53-25-46(40(50)36(27(5)10-2)44-38(49)33-18-14-15-19-45(33)8)34(26(3)4)23-35(54-29(7)47)39-43-32(24-55-39)37(48)42-31(21-28(6)41(51)52)22-30-16-12-11-13-17-30/h11-13,16-17,24,26-28,31,33-36H,9-10,14-15,18-23,25H2,1-8H3,(H,42,48)(H,44,49)(H,51,52)/t27-,28-,31+,33+,34+,35+,36-/m0/s1. The molecule has 2 aromatic rings. The van der Waals surface area contributed by atoms with E-state index in [2.05, 4.69) is 15.6 Å². The van der Waals surface area contributed by atoms with Gasteiger partial charge >= 0.3 is 11.9 Å². The quantitative estimate of drug-likeness (QED) is 0.0750. The van der Waals surface area contributed by atoms with E-state index in [4.69, 9.17) is 9.47 Å². The molecule has 2 heterocycles. The summed E-state index contributed by atoms with van der Waals surface area (Å²) < 4.78 is 11.8. The van der Waals surface area contributed by atoms with Crippen molar-refractivity contribution < 1.29 is 38.6 Å². The van der Waals surface area contributed by atoms with Crippen LogP contribution in [0, 0.1) is 17.8 Å². The van der Waals surface area contributed by atoms with Crippen molar-refractivity contribution in [1.82, 2.24) is 25.4 Å². The number of carbonyl (C=O) groups is 5. The van der Waals surface area contributed by atoms with Gasteiger partial charge in [0.15, 0.2) is 6.10 Å². The average Bonchev–Trinajstić information content (AvgIpc) is 3.65. The first-order valence-electron chi connectivity index (χ1n) is 19.8. The Morgan fingerprint density at radius 3 is 2.35 bits per heavy atom. The SMILES string of the molecule is CCCOCN(C(=O)[C@@H](NC(=O)[C@H]1CCCCN1C)[C@@H](C)CC)[C@H](C[C@@H](OC(C)=O)c1nc(C(=O)N[C@@H](Cc2ccccc2)C[C@H](C)C(=O)O)cs1)C(C)C. The Labute approximate surface area is 330 Å². The van der Waals surface area contributed by atoms with Crippen molar-refractivity contribution >= 4 is 41.0 Å². The van der Waals surface area contributed by atoms with Gasteiger partial charge in [-0.25, -0.2) is 4.98 Å². The molecule has 0 radical (unpaired) electrons. The van der Waals surface area contributed by atoms with E-state index in [-0.39, 0.29) is 55.0 Å². The van der Waals surface area contributed by atoms with Gasteiger partial charge in [-0.3, -0.25) is 28.9 Å². The maximum atomic E-state index is 14.7. The molecule has 3 N–H and O–H groups in total. The Bertz CT molecular complexity index is 1540. The number of nitrogens with one attached hydrogen (secondary N) is 2. The largest absolute Gasteiger partial charge is 0.481 e. The third-order valence-corrected chi connectivity index (χ3v) is 11.3. The van der Waals surface area contributed by atoms with Gasteiger partial charge in [0.05, 0.1) is 12.0 Å². The number of thiazole rings is 1. The van der Waals surface area contributed by atoms with E-state index in [1.165, 1.54) is 18.3 Å². The second-order valence-electron chi connectivity index (χ2n) is 15.3. The minimum Gasteiger partial charge on any atom is -0.481 e. The molecule has 0 spiro atoms. The summed E-state index contributed by atoms with van der Waals surface area (Å²) in [5.74, 6) is -3.36. The second-order valence-corrected chi connectivity index (χ2v) is 16.2. The number of carbonyl (C=O) groups excluding carboxylic acids is 4. The number of ether oxygens (including phenoxy) is 2. The number of amides is 3. The van der Waals surface area contributed by atoms with Crippen molar-refractivity contribution in [2.45, 2.75) is 130 Å². The summed E-state index contributed by atoms with van der Waals surface area (Å²) in [4.78, 5) is 74.4. The Morgan fingerprint density at radius 2 is 1.75 bits per heavy atom. The molecule has 306 valence electrons. The number of benzene rings is 1. The number of likely N-dealkylation sites (tertiary alicyclic amines) is 1. The Balaban J connectivity index is 1.91. The maximum Gasteiger partial charge on any atom is 0.306 e. The molecule has 1 aromatic heterocycles. The fraction of sp³-hybridized carbons (Fsp3) is 0.659. The van der Waals surface area contributed by atoms with Crippen LogP contribution >= 0.6 is 11.3 Å². The molecule has 7 atom stereocenters. The van der Waals surface area contributed by atoms with Crippen LogP contribution in [0.1, 0.15) is 121 Å². The van der Waals surface area contributed by atoms with Crippen molar-refractivity contribution in [2.24, 2.45) is 17.8 Å². The number of carboxylic acid groups (broad SMARTS) is 1. The molecule has 14 heteroatoms. The van der Waals surface area contributed by atoms with Crippen molar-refractivity contribution in [2.75, 3.05) is 26.9 Å². The van der Waals surface area contributed by atoms with Gasteiger partial charge in [-0.05, 0) is 63.1 Å². The first-order valence-corrected chi connectivity index (χ1v) is 20.6. The zero-order valence-electron chi connectivity index (χ0n) is 33.9. The summed E-state index contributed by atoms with van der Waals surface area (Å²) in [6.45, 7) is 14.0. The highest BCUT2D eigenvalue weighted by Gasteiger charge is 2.39. The topological polar surface area (TPSA) is 167 Å². The number of esters is 1. The predicted molar refractivity (Wildman–Crippen MR) is 212 cm³/mol. The highest BCUT2D eigenvalue weighted by atomic mass is 32.1. The Hall–Kier alpha value is -3.88. The van der Waals surface area contributed by atoms with Gasteiger partial charge in [0.1, 0.15) is 23.5 Å². The van der Waals surface area contributed by atoms with Gasteiger partial charge in [-0.15, -0.1) is 11.3 Å². The summed E-state index contributed by atoms with van der Waals surface area (Å²) in [5.41, 5.74) is 1.07. The highest BCUT2D eigenvalue weighted by molar-refractivity contribution is 7.09. The van der Waals surface area contributed by atoms with Crippen molar-refractivity contribution in [3.8, 4) is 0 Å². The van der Waals surface area contributed by atoms with E-state index in [1.54, 1.807) is 17.2 Å². The summed E-state index contributed by atoms with van der Waals surface area (Å²) in [6.07, 6.45) is 4.06. The van der Waals surface area contributed by atoms with Gasteiger partial charge in [0, 0.05) is 37.4 Å². The van der Waals surface area contributed by atoms with E-state index in [1.807, 2.05) is 76.9 Å². The molecular weight excluding hydrogens is 723 g/mol. The molecule has 0 unspecified atom stereocenters. The van der Waals surface area contributed by atoms with E-state index in [0.29, 0.717) is 24.5 Å². The maximum absolute atomic E-state index is 14.7. The lowest BCUT2D eigenvalue weighted by molar-refractivity contribution is -0.153. The summed E-state index contributed by atoms with van der Waals surface area (Å²) in [5, 5.41) is 17.7. The number of rotatable bonds is 22. The lowest BCUT2D eigenvalue weighted by atomic mass is 9.92. The van der Waals surface area contributed by atoms with E-state index in [9.17, 15) is 29.1 Å². The molecule has 1 fully saturated rings. The van der Waals surface area contributed by atoms with Crippen molar-refractivity contribution in [3.63, 3.8) is 0 Å². The number of likely N-dealkylation sites (N-methyl/N-ethyl adjacent to an activating group) is 1. The van der Waals surface area contributed by atoms with Crippen LogP contribution in [0.15, 0.2) is 35.7 Å². The summed E-state index contributed by atoms with van der Waals surface area (Å²) in [7, 11) is 1.94. The van der Waals surface area contributed by atoms with Crippen LogP contribution in [0.2, 0.25) is 0 Å². The number of aliphatic carboxylic acids is 1. The van der Waals surface area contributed by atoms with Crippen LogP contribution in [0.5, 0.6) is 0 Å². The summed E-state index contributed by atoms with van der Waals surface area (Å²) in [6, 6.07) is 7.46. The van der Waals surface area contributed by atoms with E-state index >= 15 is 0 Å².